The minimum Gasteiger partial charge on any atom is -0.508 e. The molecule has 1 atom stereocenters. The van der Waals surface area contributed by atoms with Gasteiger partial charge in [-0.25, -0.2) is 4.79 Å². The first-order chi connectivity index (χ1) is 24.4. The van der Waals surface area contributed by atoms with Crippen LogP contribution in [0.3, 0.4) is 0 Å². The third-order valence-corrected chi connectivity index (χ3v) is 10.8. The van der Waals surface area contributed by atoms with Crippen LogP contribution in [0.1, 0.15) is 63.9 Å². The molecule has 3 aromatic carbocycles. The van der Waals surface area contributed by atoms with Crippen molar-refractivity contribution in [3.8, 4) is 11.5 Å². The van der Waals surface area contributed by atoms with Crippen LogP contribution in [-0.2, 0) is 27.2 Å². The number of benzene rings is 3. The lowest BCUT2D eigenvalue weighted by molar-refractivity contribution is -0.114. The number of ether oxygens (including phenoxy) is 2. The molecule has 1 aliphatic rings. The zero-order chi connectivity index (χ0) is 36.7. The number of rotatable bonds is 11. The smallest absolute Gasteiger partial charge is 0.341 e. The van der Waals surface area contributed by atoms with E-state index in [9.17, 15) is 24.3 Å². The maximum Gasteiger partial charge on any atom is 0.341 e. The van der Waals surface area contributed by atoms with Crippen LogP contribution in [0, 0.1) is 11.3 Å². The van der Waals surface area contributed by atoms with Gasteiger partial charge in [0, 0.05) is 32.7 Å². The number of thioether (sulfide) groups is 1. The van der Waals surface area contributed by atoms with E-state index in [0.717, 1.165) is 29.7 Å². The van der Waals surface area contributed by atoms with Gasteiger partial charge in [-0.15, -0.1) is 23.1 Å². The number of phenolic OH excluding ortho intramolecular Hbond substituents is 1. The van der Waals surface area contributed by atoms with E-state index in [2.05, 4.69) is 36.7 Å². The topological polar surface area (TPSA) is 143 Å². The van der Waals surface area contributed by atoms with Crippen molar-refractivity contribution < 1.29 is 33.8 Å². The number of anilines is 2. The number of phenols is 1. The van der Waals surface area contributed by atoms with E-state index in [1.807, 2.05) is 6.07 Å². The highest BCUT2D eigenvalue weighted by Gasteiger charge is 2.34. The van der Waals surface area contributed by atoms with E-state index in [1.165, 1.54) is 55.5 Å². The van der Waals surface area contributed by atoms with Crippen LogP contribution >= 0.6 is 23.1 Å². The van der Waals surface area contributed by atoms with Crippen LogP contribution in [0.25, 0.3) is 6.08 Å². The zero-order valence-corrected chi connectivity index (χ0v) is 30.8. The minimum absolute atomic E-state index is 0.0148. The minimum atomic E-state index is -0.597. The molecule has 1 unspecified atom stereocenters. The second kappa shape index (κ2) is 16.3. The van der Waals surface area contributed by atoms with Crippen molar-refractivity contribution in [2.45, 2.75) is 44.9 Å². The largest absolute Gasteiger partial charge is 0.508 e. The Kier molecular flexibility index (Phi) is 11.9. The number of nitrogens with one attached hydrogen (secondary N) is 3. The number of carbonyl (C=O) groups is 4. The lowest BCUT2D eigenvalue weighted by Gasteiger charge is -2.33. The van der Waals surface area contributed by atoms with Crippen LogP contribution in [0.15, 0.2) is 83.4 Å². The summed E-state index contributed by atoms with van der Waals surface area (Å²) in [5.74, 6) is -0.984. The summed E-state index contributed by atoms with van der Waals surface area (Å²) in [6, 6.07) is 19.9. The first-order valence-corrected chi connectivity index (χ1v) is 18.2. The third-order valence-electron chi connectivity index (χ3n) is 8.64. The fourth-order valence-electron chi connectivity index (χ4n) is 5.82. The average Bonchev–Trinajstić information content (AvgIpc) is 3.47. The molecule has 1 heterocycles. The molecule has 1 aromatic heterocycles. The van der Waals surface area contributed by atoms with Crippen molar-refractivity contribution in [1.29, 1.82) is 0 Å². The van der Waals surface area contributed by atoms with E-state index >= 15 is 0 Å². The average molecular weight is 728 g/mol. The first-order valence-electron chi connectivity index (χ1n) is 16.4. The Hall–Kier alpha value is -5.07. The van der Waals surface area contributed by atoms with Crippen molar-refractivity contribution in [2.24, 2.45) is 11.3 Å². The fraction of sp³-hybridized carbons (Fsp3) is 0.282. The summed E-state index contributed by atoms with van der Waals surface area (Å²) in [5.41, 5.74) is 2.75. The molecule has 1 aliphatic carbocycles. The van der Waals surface area contributed by atoms with Crippen LogP contribution in [0.5, 0.6) is 11.5 Å². The monoisotopic (exact) mass is 727 g/mol. The summed E-state index contributed by atoms with van der Waals surface area (Å²) >= 11 is 2.72. The maximum atomic E-state index is 13.6. The number of esters is 1. The van der Waals surface area contributed by atoms with Gasteiger partial charge in [0.15, 0.2) is 0 Å². The second-order valence-corrected chi connectivity index (χ2v) is 15.3. The number of amides is 3. The molecule has 0 bridgehead atoms. The number of aromatic hydroxyl groups is 1. The number of thiophene rings is 1. The van der Waals surface area contributed by atoms with Gasteiger partial charge in [0.05, 0.1) is 25.5 Å². The predicted octanol–water partition coefficient (Wildman–Crippen LogP) is 7.54. The number of fused-ring (bicyclic) bond motifs is 1. The van der Waals surface area contributed by atoms with Crippen LogP contribution in [-0.4, -0.2) is 48.8 Å². The predicted molar refractivity (Wildman–Crippen MR) is 202 cm³/mol. The van der Waals surface area contributed by atoms with Crippen molar-refractivity contribution >= 4 is 63.6 Å². The van der Waals surface area contributed by atoms with Crippen molar-refractivity contribution in [1.82, 2.24) is 5.32 Å². The normalized spacial score (nSPS) is 14.2. The highest BCUT2D eigenvalue weighted by molar-refractivity contribution is 8.00. The lowest BCUT2D eigenvalue weighted by atomic mass is 9.72. The molecule has 0 saturated carbocycles. The molecular weight excluding hydrogens is 687 g/mol. The van der Waals surface area contributed by atoms with Gasteiger partial charge in [-0.1, -0.05) is 45.0 Å². The molecule has 266 valence electrons. The molecule has 0 aliphatic heterocycles. The van der Waals surface area contributed by atoms with E-state index in [0.29, 0.717) is 43.9 Å². The summed E-state index contributed by atoms with van der Waals surface area (Å²) in [4.78, 5) is 54.5. The van der Waals surface area contributed by atoms with Gasteiger partial charge in [-0.05, 0) is 84.7 Å². The fourth-order valence-corrected chi connectivity index (χ4v) is 7.91. The highest BCUT2D eigenvalue weighted by Crippen LogP contribution is 2.44. The second-order valence-electron chi connectivity index (χ2n) is 13.1. The van der Waals surface area contributed by atoms with Gasteiger partial charge in [-0.2, -0.15) is 0 Å². The summed E-state index contributed by atoms with van der Waals surface area (Å²) in [5, 5.41) is 18.9. The summed E-state index contributed by atoms with van der Waals surface area (Å²) in [6.45, 7) is 6.69. The van der Waals surface area contributed by atoms with Gasteiger partial charge < -0.3 is 30.5 Å². The Morgan fingerprint density at radius 3 is 2.45 bits per heavy atom. The van der Waals surface area contributed by atoms with E-state index in [1.54, 1.807) is 54.6 Å². The molecule has 12 heteroatoms. The number of carbonyl (C=O) groups excluding carboxylic acids is 4. The summed E-state index contributed by atoms with van der Waals surface area (Å²) in [7, 11) is 2.78. The summed E-state index contributed by atoms with van der Waals surface area (Å²) < 4.78 is 10.5. The van der Waals surface area contributed by atoms with Gasteiger partial charge >= 0.3 is 5.97 Å². The molecular formula is C39H41N3O7S2. The molecule has 0 radical (unpaired) electrons. The molecule has 51 heavy (non-hydrogen) atoms. The van der Waals surface area contributed by atoms with E-state index in [-0.39, 0.29) is 28.5 Å². The van der Waals surface area contributed by atoms with Gasteiger partial charge in [0.2, 0.25) is 5.91 Å². The lowest BCUT2D eigenvalue weighted by Crippen LogP contribution is -2.30. The molecule has 4 N–H and O–H groups in total. The Bertz CT molecular complexity index is 1960. The molecule has 3 amide bonds. The Morgan fingerprint density at radius 2 is 1.75 bits per heavy atom. The molecule has 0 fully saturated rings. The first kappa shape index (κ1) is 37.2. The SMILES string of the molecule is COC(=O)c1c(NC(=O)CSc2cccc(NC(=O)/C(=C\c3ccc(O)cc3OC)NC(=O)c3ccccc3)c2)sc2c1CCC(C(C)(C)C)C2. The van der Waals surface area contributed by atoms with E-state index in [4.69, 9.17) is 9.47 Å². The highest BCUT2D eigenvalue weighted by atomic mass is 32.2. The molecule has 10 nitrogen and oxygen atoms in total. The van der Waals surface area contributed by atoms with Crippen molar-refractivity contribution in [3.63, 3.8) is 0 Å². The van der Waals surface area contributed by atoms with Crippen LogP contribution < -0.4 is 20.7 Å². The Labute approximate surface area is 305 Å². The van der Waals surface area contributed by atoms with Crippen molar-refractivity contribution in [2.75, 3.05) is 30.6 Å². The Morgan fingerprint density at radius 1 is 0.980 bits per heavy atom. The number of methoxy groups -OCH3 is 2. The quantitative estimate of drug-likeness (QED) is 0.0705. The van der Waals surface area contributed by atoms with E-state index < -0.39 is 17.8 Å². The summed E-state index contributed by atoms with van der Waals surface area (Å²) in [6.07, 6.45) is 4.04. The zero-order valence-electron chi connectivity index (χ0n) is 29.1. The van der Waals surface area contributed by atoms with Gasteiger partial charge in [-0.3, -0.25) is 14.4 Å². The molecule has 5 rings (SSSR count). The van der Waals surface area contributed by atoms with Gasteiger partial charge in [0.1, 0.15) is 22.2 Å². The number of hydrogen-bond acceptors (Lipinski definition) is 9. The van der Waals surface area contributed by atoms with Gasteiger partial charge in [0.25, 0.3) is 11.8 Å². The standard InChI is InChI=1S/C39H41N3O7S2/c1-39(2,3)25-15-17-29-32(19-25)51-37(34(29)38(47)49-5)42-33(44)22-50-28-13-9-12-26(20-28)40-36(46)30(41-35(45)23-10-7-6-8-11-23)18-24-14-16-27(43)21-31(24)48-4/h6-14,16,18,20-21,25,43H,15,17,19,22H2,1-5H3,(H,40,46)(H,41,45)(H,42,44)/b30-18+. The molecule has 0 saturated heterocycles. The molecule has 4 aromatic rings. The van der Waals surface area contributed by atoms with Crippen LogP contribution in [0.2, 0.25) is 0 Å². The third kappa shape index (κ3) is 9.39. The maximum absolute atomic E-state index is 13.6. The van der Waals surface area contributed by atoms with Crippen molar-refractivity contribution in [3.05, 3.63) is 106 Å². The Balaban J connectivity index is 1.29. The number of hydrogen-bond donors (Lipinski definition) is 4. The molecule has 0 spiro atoms. The van der Waals surface area contributed by atoms with Crippen LogP contribution in [0.4, 0.5) is 10.7 Å².